The number of amides is 3. The summed E-state index contributed by atoms with van der Waals surface area (Å²) in [5, 5.41) is 0. The fourth-order valence-electron chi connectivity index (χ4n) is 19.8. The van der Waals surface area contributed by atoms with E-state index < -0.39 is 0 Å². The Kier molecular flexibility index (Phi) is 45.1. The third-order valence-electron chi connectivity index (χ3n) is 27.4. The Labute approximate surface area is 771 Å². The molecule has 3 heterocycles. The molecule has 0 spiro atoms. The Hall–Kier alpha value is -8.41. The Morgan fingerprint density at radius 2 is 0.750 bits per heavy atom. The monoisotopic (exact) mass is 1770 g/mol. The number of carbonyl (C=O) groups is 7. The van der Waals surface area contributed by atoms with E-state index in [1.54, 1.807) is 12.0 Å². The number of nitrogens with zero attached hydrogens (tertiary/aromatic N) is 3. The minimum atomic E-state index is -0.367. The summed E-state index contributed by atoms with van der Waals surface area (Å²) in [7, 11) is 1.63. The highest BCUT2D eigenvalue weighted by Crippen LogP contribution is 2.57. The van der Waals surface area contributed by atoms with Crippen molar-refractivity contribution in [3.05, 3.63) is 173 Å². The van der Waals surface area contributed by atoms with Crippen LogP contribution in [0.2, 0.25) is 0 Å². The number of carbonyl (C=O) groups excluding carboxylic acids is 7. The normalized spacial score (nSPS) is 20.4. The Morgan fingerprint density at radius 1 is 0.391 bits per heavy atom. The summed E-state index contributed by atoms with van der Waals surface area (Å²) in [6.45, 7) is 27.8. The number of benzene rings is 5. The number of piperidine rings is 3. The number of hydrogen-bond donors (Lipinski definition) is 0. The van der Waals surface area contributed by atoms with Gasteiger partial charge in [-0.25, -0.2) is 14.4 Å². The van der Waals surface area contributed by atoms with Crippen molar-refractivity contribution in [2.75, 3.05) is 46.4 Å². The van der Waals surface area contributed by atoms with Gasteiger partial charge in [-0.15, -0.1) is 0 Å². The Bertz CT molecular complexity index is 3920. The van der Waals surface area contributed by atoms with Gasteiger partial charge in [0.2, 0.25) is 0 Å². The van der Waals surface area contributed by atoms with E-state index in [1.807, 2.05) is 148 Å². The van der Waals surface area contributed by atoms with E-state index in [0.29, 0.717) is 44.1 Å². The summed E-state index contributed by atoms with van der Waals surface area (Å²) < 4.78 is 44.5. The lowest BCUT2D eigenvalue weighted by molar-refractivity contribution is -0.170. The summed E-state index contributed by atoms with van der Waals surface area (Å²) in [4.78, 5) is 89.0. The van der Waals surface area contributed by atoms with Gasteiger partial charge in [0.1, 0.15) is 46.0 Å². The van der Waals surface area contributed by atoms with Crippen LogP contribution < -0.4 is 4.74 Å². The smallest absolute Gasteiger partial charge is 0.410 e. The molecule has 10 fully saturated rings. The van der Waals surface area contributed by atoms with Crippen LogP contribution in [0.15, 0.2) is 146 Å². The molecule has 0 atom stereocenters. The first-order valence-corrected chi connectivity index (χ1v) is 50.0. The molecule has 0 aromatic heterocycles. The third kappa shape index (κ3) is 39.7. The van der Waals surface area contributed by atoms with E-state index in [9.17, 15) is 33.6 Å². The van der Waals surface area contributed by atoms with Crippen LogP contribution >= 0.6 is 0 Å². The van der Waals surface area contributed by atoms with Gasteiger partial charge in [-0.05, 0) is 343 Å². The van der Waals surface area contributed by atoms with Crippen LogP contribution in [-0.2, 0) is 84.6 Å². The summed E-state index contributed by atoms with van der Waals surface area (Å²) in [6.07, 6.45) is 45.7. The predicted octanol–water partition coefficient (Wildman–Crippen LogP) is 26.6. The first-order valence-electron chi connectivity index (χ1n) is 50.0. The molecule has 7 saturated carbocycles. The second kappa shape index (κ2) is 55.1. The fraction of sp³-hybridized carbons (Fsp3) is 0.664. The minimum absolute atomic E-state index is 0.0124. The number of ether oxygens (including phenoxy) is 8. The van der Waals surface area contributed by atoms with Crippen molar-refractivity contribution in [3.63, 3.8) is 0 Å². The van der Waals surface area contributed by atoms with Gasteiger partial charge in [-0.3, -0.25) is 19.2 Å². The third-order valence-corrected chi connectivity index (χ3v) is 27.4. The number of methoxy groups -OCH3 is 1. The molecule has 18 heteroatoms. The predicted molar refractivity (Wildman–Crippen MR) is 512 cm³/mol. The van der Waals surface area contributed by atoms with E-state index in [2.05, 4.69) is 83.1 Å². The van der Waals surface area contributed by atoms with Crippen LogP contribution in [0.4, 0.5) is 14.4 Å². The number of esters is 4. The Morgan fingerprint density at radius 3 is 1.14 bits per heavy atom. The van der Waals surface area contributed by atoms with E-state index in [0.717, 1.165) is 210 Å². The van der Waals surface area contributed by atoms with E-state index in [1.165, 1.54) is 131 Å². The lowest BCUT2D eigenvalue weighted by atomic mass is 9.54. The maximum absolute atomic E-state index is 12.4. The van der Waals surface area contributed by atoms with Crippen molar-refractivity contribution >= 4 is 42.2 Å². The molecule has 128 heavy (non-hydrogen) atoms. The fourth-order valence-corrected chi connectivity index (χ4v) is 19.8. The van der Waals surface area contributed by atoms with Crippen LogP contribution in [0.25, 0.3) is 0 Å². The zero-order valence-electron chi connectivity index (χ0n) is 81.1. The van der Waals surface area contributed by atoms with Crippen LogP contribution in [0.3, 0.4) is 0 Å². The van der Waals surface area contributed by atoms with E-state index >= 15 is 0 Å². The molecule has 5 aromatic carbocycles. The highest BCUT2D eigenvalue weighted by atomic mass is 16.6. The van der Waals surface area contributed by atoms with Crippen molar-refractivity contribution in [3.8, 4) is 5.75 Å². The van der Waals surface area contributed by atoms with Crippen molar-refractivity contribution in [2.24, 2.45) is 29.6 Å². The van der Waals surface area contributed by atoms with Crippen LogP contribution in [0, 0.1) is 29.6 Å². The van der Waals surface area contributed by atoms with Crippen molar-refractivity contribution in [1.82, 2.24) is 14.7 Å². The van der Waals surface area contributed by atoms with E-state index in [4.69, 9.17) is 37.9 Å². The Balaban J connectivity index is 0.000000185. The first kappa shape index (κ1) is 105. The zero-order chi connectivity index (χ0) is 92.1. The molecule has 0 N–H and O–H groups in total. The lowest BCUT2D eigenvalue weighted by Crippen LogP contribution is -2.54. The average molecular weight is 1770 g/mol. The molecule has 3 saturated heterocycles. The molecule has 15 rings (SSSR count). The largest absolute Gasteiger partial charge is 0.497 e. The van der Waals surface area contributed by atoms with Gasteiger partial charge >= 0.3 is 42.2 Å². The van der Waals surface area contributed by atoms with Gasteiger partial charge in [0.05, 0.1) is 7.11 Å². The maximum Gasteiger partial charge on any atom is 0.410 e. The molecule has 3 aliphatic heterocycles. The second-order valence-electron chi connectivity index (χ2n) is 40.6. The molecule has 4 bridgehead atoms. The number of aryl methyl sites for hydroxylation is 4. The van der Waals surface area contributed by atoms with Crippen LogP contribution in [0.5, 0.6) is 5.75 Å². The molecule has 3 amide bonds. The topological polar surface area (TPSA) is 203 Å². The van der Waals surface area contributed by atoms with Crippen molar-refractivity contribution in [1.29, 1.82) is 0 Å². The molecule has 710 valence electrons. The highest BCUT2D eigenvalue weighted by molar-refractivity contribution is 5.72. The molecule has 0 radical (unpaired) electrons. The first-order chi connectivity index (χ1) is 61.4. The lowest BCUT2D eigenvalue weighted by Gasteiger charge is -2.55. The molecule has 10 aliphatic rings. The van der Waals surface area contributed by atoms with Crippen molar-refractivity contribution < 1.29 is 71.5 Å². The van der Waals surface area contributed by atoms with Gasteiger partial charge < -0.3 is 52.6 Å². The molecule has 0 unspecified atom stereocenters. The number of hydrogen-bond acceptors (Lipinski definition) is 15. The molecular formula is C110H165N3O15. The van der Waals surface area contributed by atoms with Gasteiger partial charge in [0, 0.05) is 65.0 Å². The molecule has 18 nitrogen and oxygen atoms in total. The van der Waals surface area contributed by atoms with Gasteiger partial charge in [-0.1, -0.05) is 186 Å². The molecule has 7 aliphatic carbocycles. The van der Waals surface area contributed by atoms with Crippen LogP contribution in [-0.4, -0.2) is 137 Å². The quantitative estimate of drug-likeness (QED) is 0.0354. The average Bonchev–Trinajstić information content (AvgIpc) is 0.746. The van der Waals surface area contributed by atoms with Gasteiger partial charge in [0.15, 0.2) is 0 Å². The standard InChI is InChI=1S/2C19H28O2.C18H20O3.C16H25NO2.C15H22O2.C13H23NO2.C10H19NO2/c1-16(2)19(14-7-4-8-15-19)21-18(20)13-9-12-17-10-5-3-6-11-17;1-19(2,17-13-7-4-8-14-17)21-18(20)15-9-12-16-10-5-3-6-11-16;1-20-17-12-10-16(11-13-17)14-21-18(19)9-5-8-15-6-3-2-4-7-15;18-15(17-4-2-1-3-5-17)19-16-9-12-6-13(10-16)8-14(7-12)11-16;1-4-15(2,3)17-14(16)12-8-11-13-9-6-5-7-10-13;1-13(8-4-2-5-9-13)16-12(15)14-10-6-3-7-11-14;1-10(2,3)13-9(12)11-7-5-4-6-8-11/h3,5-6,10-11,16H,4,7-9,12-15H2,1-2H3;3,5-6,10-11,17H,4,7-9,12-15H2,1-2H3;2-4,6-7,10-13H,5,8-9,14H2,1H3;12-14H,1-11H2;5-7,9-10H,4,8,11-12H2,1-3H3;2-11H2,1H3;4-8H2,1-3H3. The second-order valence-corrected chi connectivity index (χ2v) is 40.6. The summed E-state index contributed by atoms with van der Waals surface area (Å²) >= 11 is 0. The summed E-state index contributed by atoms with van der Waals surface area (Å²) in [5.41, 5.74) is 4.63. The number of likely N-dealkylation sites (tertiary alicyclic amines) is 3. The molecule has 5 aromatic rings. The summed E-state index contributed by atoms with van der Waals surface area (Å²) in [6, 6.07) is 48.5. The van der Waals surface area contributed by atoms with E-state index in [-0.39, 0.29) is 75.8 Å². The number of rotatable bonds is 27. The highest BCUT2D eigenvalue weighted by Gasteiger charge is 2.54. The van der Waals surface area contributed by atoms with Crippen molar-refractivity contribution in [2.45, 2.75) is 392 Å². The SMILES string of the molecule is CC(C)(C)OC(=O)N1CCCCC1.CC(C)(OC(=O)CCCc1ccccc1)C1CCCCC1.CC(C)C1(OC(=O)CCCc2ccccc2)CCCCC1.CC1(OC(=O)N2CCCCC2)CCCCC1.CCC(C)(C)OC(=O)CCCc1ccccc1.COc1ccc(COC(=O)CCCc2ccccc2)cc1.O=C(OC12CC3CC(CC(C3)C1)C2)N1CCCCC1. The summed E-state index contributed by atoms with van der Waals surface area (Å²) in [5.74, 6) is 3.99. The van der Waals surface area contributed by atoms with Gasteiger partial charge in [0.25, 0.3) is 0 Å². The van der Waals surface area contributed by atoms with Gasteiger partial charge in [-0.2, -0.15) is 0 Å². The van der Waals surface area contributed by atoms with Crippen LogP contribution in [0.1, 0.15) is 354 Å². The zero-order valence-corrected chi connectivity index (χ0v) is 81.1. The maximum atomic E-state index is 12.4. The molecular weight excluding hydrogens is 1600 g/mol. The minimum Gasteiger partial charge on any atom is -0.497 e.